The topological polar surface area (TPSA) is 54.4 Å². The number of carbonyl (C=O) groups excluding carboxylic acids is 1. The summed E-state index contributed by atoms with van der Waals surface area (Å²) in [5.74, 6) is -3.61. The maximum Gasteiger partial charge on any atom is 0.338 e. The molecule has 0 aromatic heterocycles. The van der Waals surface area contributed by atoms with Crippen molar-refractivity contribution in [3.63, 3.8) is 0 Å². The molecule has 0 amide bonds. The lowest BCUT2D eigenvalue weighted by Crippen LogP contribution is -2.16. The van der Waals surface area contributed by atoms with E-state index < -0.39 is 28.6 Å². The average molecular weight is 274 g/mol. The SMILES string of the molecule is CC(C)(C)C(=O)Sc1cc(C(=O)O)c(F)cc1F. The second-order valence-electron chi connectivity index (χ2n) is 4.71. The van der Waals surface area contributed by atoms with Crippen LogP contribution in [0.5, 0.6) is 0 Å². The Balaban J connectivity index is 3.14. The van der Waals surface area contributed by atoms with Gasteiger partial charge in [-0.3, -0.25) is 4.79 Å². The normalized spacial score (nSPS) is 11.4. The fourth-order valence-electron chi connectivity index (χ4n) is 1.02. The minimum atomic E-state index is -1.50. The Morgan fingerprint density at radius 3 is 2.17 bits per heavy atom. The summed E-state index contributed by atoms with van der Waals surface area (Å²) < 4.78 is 26.6. The lowest BCUT2D eigenvalue weighted by molar-refractivity contribution is -0.117. The summed E-state index contributed by atoms with van der Waals surface area (Å²) in [5.41, 5.74) is -1.35. The van der Waals surface area contributed by atoms with Gasteiger partial charge < -0.3 is 5.11 Å². The lowest BCUT2D eigenvalue weighted by atomic mass is 10.00. The quantitative estimate of drug-likeness (QED) is 0.840. The average Bonchev–Trinajstić information content (AvgIpc) is 2.19. The monoisotopic (exact) mass is 274 g/mol. The molecule has 0 unspecified atom stereocenters. The largest absolute Gasteiger partial charge is 0.478 e. The van der Waals surface area contributed by atoms with E-state index in [1.165, 1.54) is 0 Å². The van der Waals surface area contributed by atoms with Crippen molar-refractivity contribution >= 4 is 22.8 Å². The number of carboxylic acids is 1. The summed E-state index contributed by atoms with van der Waals surface area (Å²) in [7, 11) is 0. The number of aromatic carboxylic acids is 1. The zero-order valence-electron chi connectivity index (χ0n) is 10.1. The Morgan fingerprint density at radius 1 is 1.17 bits per heavy atom. The van der Waals surface area contributed by atoms with E-state index in [-0.39, 0.29) is 10.0 Å². The van der Waals surface area contributed by atoms with Gasteiger partial charge in [-0.25, -0.2) is 13.6 Å². The second-order valence-corrected chi connectivity index (χ2v) is 5.72. The summed E-state index contributed by atoms with van der Waals surface area (Å²) in [5, 5.41) is 8.39. The highest BCUT2D eigenvalue weighted by Gasteiger charge is 2.25. The van der Waals surface area contributed by atoms with Gasteiger partial charge in [0.15, 0.2) is 5.12 Å². The molecule has 0 aliphatic rings. The standard InChI is InChI=1S/C12H12F2O3S/c1-12(2,3)11(17)18-9-4-6(10(15)16)7(13)5-8(9)14/h4-5H,1-3H3,(H,15,16). The molecule has 1 rings (SSSR count). The van der Waals surface area contributed by atoms with Gasteiger partial charge in [0, 0.05) is 11.5 Å². The van der Waals surface area contributed by atoms with Crippen LogP contribution in [-0.4, -0.2) is 16.2 Å². The van der Waals surface area contributed by atoms with Crippen molar-refractivity contribution in [2.75, 3.05) is 0 Å². The predicted octanol–water partition coefficient (Wildman–Crippen LogP) is 3.33. The molecule has 1 N–H and O–H groups in total. The Hall–Kier alpha value is -1.43. The molecule has 18 heavy (non-hydrogen) atoms. The molecule has 6 heteroatoms. The molecule has 98 valence electrons. The van der Waals surface area contributed by atoms with Crippen LogP contribution in [0.1, 0.15) is 31.1 Å². The van der Waals surface area contributed by atoms with Crippen LogP contribution in [0.2, 0.25) is 0 Å². The van der Waals surface area contributed by atoms with Crippen molar-refractivity contribution in [1.29, 1.82) is 0 Å². The smallest absolute Gasteiger partial charge is 0.338 e. The van der Waals surface area contributed by atoms with E-state index in [9.17, 15) is 18.4 Å². The molecule has 0 spiro atoms. The third kappa shape index (κ3) is 3.29. The Kier molecular flexibility index (Phi) is 4.11. The van der Waals surface area contributed by atoms with Crippen molar-refractivity contribution in [2.45, 2.75) is 25.7 Å². The molecule has 3 nitrogen and oxygen atoms in total. The summed E-state index contributed by atoms with van der Waals surface area (Å²) in [6.07, 6.45) is 0. The van der Waals surface area contributed by atoms with Crippen LogP contribution in [0.4, 0.5) is 8.78 Å². The van der Waals surface area contributed by atoms with Gasteiger partial charge in [0.1, 0.15) is 11.6 Å². The van der Waals surface area contributed by atoms with Gasteiger partial charge in [-0.05, 0) is 17.8 Å². The van der Waals surface area contributed by atoms with Crippen LogP contribution in [0.3, 0.4) is 0 Å². The number of carboxylic acid groups (broad SMARTS) is 1. The Bertz CT molecular complexity index is 507. The van der Waals surface area contributed by atoms with Crippen molar-refractivity contribution in [2.24, 2.45) is 5.41 Å². The summed E-state index contributed by atoms with van der Waals surface area (Å²) in [6, 6.07) is 1.31. The second kappa shape index (κ2) is 5.06. The molecule has 0 fully saturated rings. The van der Waals surface area contributed by atoms with Crippen LogP contribution in [-0.2, 0) is 4.79 Å². The van der Waals surface area contributed by atoms with Gasteiger partial charge in [0.2, 0.25) is 0 Å². The molecule has 0 aliphatic heterocycles. The maximum absolute atomic E-state index is 13.4. The van der Waals surface area contributed by atoms with Crippen LogP contribution in [0.25, 0.3) is 0 Å². The molecule has 1 aromatic carbocycles. The van der Waals surface area contributed by atoms with Gasteiger partial charge in [0.05, 0.1) is 10.5 Å². The lowest BCUT2D eigenvalue weighted by Gasteiger charge is -2.15. The summed E-state index contributed by atoms with van der Waals surface area (Å²) in [4.78, 5) is 22.2. The van der Waals surface area contributed by atoms with Crippen molar-refractivity contribution < 1.29 is 23.5 Å². The third-order valence-corrected chi connectivity index (χ3v) is 3.40. The molecule has 0 saturated heterocycles. The Labute approximate surface area is 107 Å². The van der Waals surface area contributed by atoms with Crippen molar-refractivity contribution in [1.82, 2.24) is 0 Å². The predicted molar refractivity (Wildman–Crippen MR) is 63.6 cm³/mol. The number of hydrogen-bond acceptors (Lipinski definition) is 3. The highest BCUT2D eigenvalue weighted by Crippen LogP contribution is 2.32. The number of hydrogen-bond donors (Lipinski definition) is 1. The number of carbonyl (C=O) groups is 2. The first kappa shape index (κ1) is 14.6. The number of benzene rings is 1. The first-order valence-electron chi connectivity index (χ1n) is 5.07. The Morgan fingerprint density at radius 2 is 1.72 bits per heavy atom. The van der Waals surface area contributed by atoms with E-state index in [0.717, 1.165) is 6.07 Å². The van der Waals surface area contributed by atoms with Crippen LogP contribution in [0, 0.1) is 17.0 Å². The molecule has 0 heterocycles. The maximum atomic E-state index is 13.4. The van der Waals surface area contributed by atoms with Gasteiger partial charge in [-0.15, -0.1) is 0 Å². The van der Waals surface area contributed by atoms with E-state index >= 15 is 0 Å². The molecular formula is C12H12F2O3S. The molecule has 0 bridgehead atoms. The van der Waals surface area contributed by atoms with E-state index in [1.807, 2.05) is 0 Å². The zero-order valence-corrected chi connectivity index (χ0v) is 10.9. The fourth-order valence-corrected chi connectivity index (χ4v) is 1.86. The van der Waals surface area contributed by atoms with E-state index in [0.29, 0.717) is 17.8 Å². The van der Waals surface area contributed by atoms with Crippen LogP contribution < -0.4 is 0 Å². The minimum Gasteiger partial charge on any atom is -0.478 e. The summed E-state index contributed by atoms with van der Waals surface area (Å²) >= 11 is 0.574. The first-order valence-corrected chi connectivity index (χ1v) is 5.89. The summed E-state index contributed by atoms with van der Waals surface area (Å²) in [6.45, 7) is 4.96. The third-order valence-electron chi connectivity index (χ3n) is 2.07. The van der Waals surface area contributed by atoms with E-state index in [2.05, 4.69) is 0 Å². The van der Waals surface area contributed by atoms with Crippen molar-refractivity contribution in [3.05, 3.63) is 29.3 Å². The molecule has 0 atom stereocenters. The van der Waals surface area contributed by atoms with Crippen molar-refractivity contribution in [3.8, 4) is 0 Å². The molecular weight excluding hydrogens is 262 g/mol. The number of rotatable bonds is 2. The van der Waals surface area contributed by atoms with Gasteiger partial charge in [0.25, 0.3) is 0 Å². The molecule has 0 saturated carbocycles. The molecule has 0 aliphatic carbocycles. The van der Waals surface area contributed by atoms with E-state index in [1.54, 1.807) is 20.8 Å². The van der Waals surface area contributed by atoms with Gasteiger partial charge in [-0.1, -0.05) is 20.8 Å². The van der Waals surface area contributed by atoms with Gasteiger partial charge in [-0.2, -0.15) is 0 Å². The molecule has 0 radical (unpaired) electrons. The van der Waals surface area contributed by atoms with Crippen LogP contribution in [0.15, 0.2) is 17.0 Å². The number of halogens is 2. The zero-order chi connectivity index (χ0) is 14.1. The fraction of sp³-hybridized carbons (Fsp3) is 0.333. The van der Waals surface area contributed by atoms with Gasteiger partial charge >= 0.3 is 5.97 Å². The van der Waals surface area contributed by atoms with Crippen LogP contribution >= 0.6 is 11.8 Å². The molecule has 1 aromatic rings. The highest BCUT2D eigenvalue weighted by atomic mass is 32.2. The first-order chi connectivity index (χ1) is 8.12. The minimum absolute atomic E-state index is 0.186. The highest BCUT2D eigenvalue weighted by molar-refractivity contribution is 8.13. The van der Waals surface area contributed by atoms with E-state index in [4.69, 9.17) is 5.11 Å². The number of thioether (sulfide) groups is 1.